The minimum atomic E-state index is -0.344. The average molecular weight is 409 g/mol. The van der Waals surface area contributed by atoms with Crippen LogP contribution in [0.25, 0.3) is 0 Å². The lowest BCUT2D eigenvalue weighted by Gasteiger charge is -2.22. The van der Waals surface area contributed by atoms with E-state index in [2.05, 4.69) is 5.32 Å². The largest absolute Gasteiger partial charge is 0.497 e. The Morgan fingerprint density at radius 3 is 2.60 bits per heavy atom. The molecule has 7 nitrogen and oxygen atoms in total. The second kappa shape index (κ2) is 8.65. The zero-order valence-electron chi connectivity index (χ0n) is 17.3. The predicted octanol–water partition coefficient (Wildman–Crippen LogP) is 2.77. The van der Waals surface area contributed by atoms with E-state index in [9.17, 15) is 9.59 Å². The molecular formula is C23H27N3O4. The molecule has 2 aliphatic rings. The van der Waals surface area contributed by atoms with Crippen molar-refractivity contribution in [3.8, 4) is 11.5 Å². The van der Waals surface area contributed by atoms with Crippen molar-refractivity contribution in [2.45, 2.75) is 18.9 Å². The van der Waals surface area contributed by atoms with Gasteiger partial charge in [-0.2, -0.15) is 0 Å². The van der Waals surface area contributed by atoms with Gasteiger partial charge in [-0.15, -0.1) is 0 Å². The first kappa shape index (κ1) is 20.1. The molecule has 0 aliphatic carbocycles. The van der Waals surface area contributed by atoms with Crippen LogP contribution in [0.4, 0.5) is 11.4 Å². The summed E-state index contributed by atoms with van der Waals surface area (Å²) in [4.78, 5) is 29.4. The van der Waals surface area contributed by atoms with E-state index in [1.165, 1.54) is 0 Å². The van der Waals surface area contributed by atoms with E-state index in [1.54, 1.807) is 37.3 Å². The van der Waals surface area contributed by atoms with Gasteiger partial charge in [0.15, 0.2) is 0 Å². The number of methoxy groups -OCH3 is 2. The molecule has 30 heavy (non-hydrogen) atoms. The first-order chi connectivity index (χ1) is 14.6. The van der Waals surface area contributed by atoms with Crippen LogP contribution >= 0.6 is 0 Å². The van der Waals surface area contributed by atoms with E-state index in [1.807, 2.05) is 35.2 Å². The lowest BCUT2D eigenvalue weighted by Crippen LogP contribution is -2.37. The minimum Gasteiger partial charge on any atom is -0.497 e. The van der Waals surface area contributed by atoms with Gasteiger partial charge in [0.2, 0.25) is 11.8 Å². The zero-order valence-corrected chi connectivity index (χ0v) is 17.3. The lowest BCUT2D eigenvalue weighted by molar-refractivity contribution is -0.134. The van der Waals surface area contributed by atoms with Gasteiger partial charge in [0, 0.05) is 43.9 Å². The summed E-state index contributed by atoms with van der Waals surface area (Å²) in [5, 5.41) is 3.49. The summed E-state index contributed by atoms with van der Waals surface area (Å²) in [5.74, 6) is 0.861. The van der Waals surface area contributed by atoms with Crippen molar-refractivity contribution in [2.75, 3.05) is 44.1 Å². The molecule has 2 unspecified atom stereocenters. The number of benzene rings is 2. The number of hydrogen-bond donors (Lipinski definition) is 1. The van der Waals surface area contributed by atoms with Crippen LogP contribution < -0.4 is 19.7 Å². The average Bonchev–Trinajstić information content (AvgIpc) is 3.40. The standard InChI is InChI=1S/C23H27N3O4/c1-29-19-8-9-21(30-2)20(13-19)26-14-16(12-22(26)27)23(28)25-11-10-18(15-25)24-17-6-4-3-5-7-17/h3-9,13,16,18,24H,10-12,14-15H2,1-2H3. The summed E-state index contributed by atoms with van der Waals surface area (Å²) in [7, 11) is 3.15. The Balaban J connectivity index is 1.41. The molecule has 2 saturated heterocycles. The Labute approximate surface area is 176 Å². The van der Waals surface area contributed by atoms with Crippen LogP contribution in [0.2, 0.25) is 0 Å². The first-order valence-electron chi connectivity index (χ1n) is 10.2. The van der Waals surface area contributed by atoms with Gasteiger partial charge in [0.25, 0.3) is 0 Å². The molecule has 2 aliphatic heterocycles. The van der Waals surface area contributed by atoms with Crippen LogP contribution in [0.5, 0.6) is 11.5 Å². The number of carbonyl (C=O) groups excluding carboxylic acids is 2. The molecular weight excluding hydrogens is 382 g/mol. The third-order valence-electron chi connectivity index (χ3n) is 5.80. The fourth-order valence-electron chi connectivity index (χ4n) is 4.22. The Morgan fingerprint density at radius 2 is 1.87 bits per heavy atom. The SMILES string of the molecule is COc1ccc(OC)c(N2CC(C(=O)N3CCC(Nc4ccccc4)C3)CC2=O)c1. The summed E-state index contributed by atoms with van der Waals surface area (Å²) < 4.78 is 10.7. The van der Waals surface area contributed by atoms with Gasteiger partial charge in [-0.3, -0.25) is 9.59 Å². The summed E-state index contributed by atoms with van der Waals surface area (Å²) in [6.07, 6.45) is 1.11. The Hall–Kier alpha value is -3.22. The van der Waals surface area contributed by atoms with Crippen molar-refractivity contribution in [3.63, 3.8) is 0 Å². The van der Waals surface area contributed by atoms with Crippen molar-refractivity contribution in [1.29, 1.82) is 0 Å². The minimum absolute atomic E-state index is 0.0464. The number of amides is 2. The second-order valence-electron chi connectivity index (χ2n) is 7.72. The number of ether oxygens (including phenoxy) is 2. The zero-order chi connectivity index (χ0) is 21.1. The summed E-state index contributed by atoms with van der Waals surface area (Å²) in [6, 6.07) is 15.6. The number of anilines is 2. The summed E-state index contributed by atoms with van der Waals surface area (Å²) in [6.45, 7) is 1.71. The maximum absolute atomic E-state index is 13.1. The predicted molar refractivity (Wildman–Crippen MR) is 115 cm³/mol. The lowest BCUT2D eigenvalue weighted by atomic mass is 10.1. The number of para-hydroxylation sites is 1. The molecule has 2 aromatic carbocycles. The van der Waals surface area contributed by atoms with Crippen molar-refractivity contribution in [1.82, 2.24) is 4.90 Å². The smallest absolute Gasteiger partial charge is 0.228 e. The second-order valence-corrected chi connectivity index (χ2v) is 7.72. The molecule has 158 valence electrons. The molecule has 0 spiro atoms. The van der Waals surface area contributed by atoms with Gasteiger partial charge in [0.05, 0.1) is 25.8 Å². The first-order valence-corrected chi connectivity index (χ1v) is 10.2. The highest BCUT2D eigenvalue weighted by Crippen LogP contribution is 2.36. The molecule has 7 heteroatoms. The maximum atomic E-state index is 13.1. The van der Waals surface area contributed by atoms with Gasteiger partial charge in [-0.1, -0.05) is 18.2 Å². The van der Waals surface area contributed by atoms with Crippen LogP contribution in [0.3, 0.4) is 0 Å². The Morgan fingerprint density at radius 1 is 1.07 bits per heavy atom. The van der Waals surface area contributed by atoms with Crippen LogP contribution in [-0.2, 0) is 9.59 Å². The summed E-state index contributed by atoms with van der Waals surface area (Å²) in [5.41, 5.74) is 1.70. The molecule has 2 aromatic rings. The van der Waals surface area contributed by atoms with Crippen molar-refractivity contribution in [3.05, 3.63) is 48.5 Å². The van der Waals surface area contributed by atoms with E-state index in [-0.39, 0.29) is 30.2 Å². The van der Waals surface area contributed by atoms with E-state index >= 15 is 0 Å². The third-order valence-corrected chi connectivity index (χ3v) is 5.80. The molecule has 0 radical (unpaired) electrons. The Kier molecular flexibility index (Phi) is 5.79. The Bertz CT molecular complexity index is 918. The van der Waals surface area contributed by atoms with Gasteiger partial charge >= 0.3 is 0 Å². The maximum Gasteiger partial charge on any atom is 0.228 e. The molecule has 2 heterocycles. The van der Waals surface area contributed by atoms with E-state index in [4.69, 9.17) is 9.47 Å². The number of nitrogens with one attached hydrogen (secondary N) is 1. The van der Waals surface area contributed by atoms with Crippen LogP contribution in [-0.4, -0.2) is 56.6 Å². The third kappa shape index (κ3) is 4.06. The molecule has 2 fully saturated rings. The van der Waals surface area contributed by atoms with Crippen LogP contribution in [0, 0.1) is 5.92 Å². The van der Waals surface area contributed by atoms with Gasteiger partial charge in [-0.25, -0.2) is 0 Å². The van der Waals surface area contributed by atoms with Crippen molar-refractivity contribution in [2.24, 2.45) is 5.92 Å². The number of carbonyl (C=O) groups is 2. The van der Waals surface area contributed by atoms with E-state index in [0.29, 0.717) is 36.8 Å². The topological polar surface area (TPSA) is 71.1 Å². The molecule has 0 aromatic heterocycles. The van der Waals surface area contributed by atoms with Crippen molar-refractivity contribution >= 4 is 23.2 Å². The molecule has 2 amide bonds. The van der Waals surface area contributed by atoms with Gasteiger partial charge < -0.3 is 24.6 Å². The number of rotatable bonds is 6. The highest BCUT2D eigenvalue weighted by atomic mass is 16.5. The normalized spacial score (nSPS) is 21.1. The fourth-order valence-corrected chi connectivity index (χ4v) is 4.22. The van der Waals surface area contributed by atoms with E-state index in [0.717, 1.165) is 12.1 Å². The number of nitrogens with zero attached hydrogens (tertiary/aromatic N) is 2. The van der Waals surface area contributed by atoms with Crippen LogP contribution in [0.1, 0.15) is 12.8 Å². The highest BCUT2D eigenvalue weighted by Gasteiger charge is 2.40. The van der Waals surface area contributed by atoms with Gasteiger partial charge in [0.1, 0.15) is 11.5 Å². The fraction of sp³-hybridized carbons (Fsp3) is 0.391. The molecule has 2 atom stereocenters. The quantitative estimate of drug-likeness (QED) is 0.794. The highest BCUT2D eigenvalue weighted by molar-refractivity contribution is 6.01. The van der Waals surface area contributed by atoms with Crippen LogP contribution in [0.15, 0.2) is 48.5 Å². The monoisotopic (exact) mass is 409 g/mol. The summed E-state index contributed by atoms with van der Waals surface area (Å²) >= 11 is 0. The molecule has 0 bridgehead atoms. The number of hydrogen-bond acceptors (Lipinski definition) is 5. The van der Waals surface area contributed by atoms with Gasteiger partial charge in [-0.05, 0) is 30.7 Å². The molecule has 0 saturated carbocycles. The molecule has 1 N–H and O–H groups in total. The van der Waals surface area contributed by atoms with E-state index < -0.39 is 0 Å². The van der Waals surface area contributed by atoms with Crippen molar-refractivity contribution < 1.29 is 19.1 Å². The number of likely N-dealkylation sites (tertiary alicyclic amines) is 1. The molecule has 4 rings (SSSR count).